The molecule has 102 valence electrons. The SMILES string of the molecule is C=CC(=O)OC(C(=O)OCCC)=C(O)CCCC. The van der Waals surface area contributed by atoms with Crippen LogP contribution >= 0.6 is 0 Å². The molecule has 0 saturated carbocycles. The van der Waals surface area contributed by atoms with Crippen LogP contribution in [0.25, 0.3) is 0 Å². The first kappa shape index (κ1) is 16.2. The molecule has 0 radical (unpaired) electrons. The van der Waals surface area contributed by atoms with Gasteiger partial charge in [-0.3, -0.25) is 0 Å². The van der Waals surface area contributed by atoms with Crippen molar-refractivity contribution in [2.45, 2.75) is 39.5 Å². The molecule has 0 aromatic heterocycles. The largest absolute Gasteiger partial charge is 0.508 e. The average Bonchev–Trinajstić information content (AvgIpc) is 2.38. The van der Waals surface area contributed by atoms with Gasteiger partial charge < -0.3 is 14.6 Å². The number of allylic oxidation sites excluding steroid dienone is 1. The monoisotopic (exact) mass is 256 g/mol. The van der Waals surface area contributed by atoms with E-state index in [2.05, 4.69) is 6.58 Å². The van der Waals surface area contributed by atoms with Crippen molar-refractivity contribution in [3.63, 3.8) is 0 Å². The molecule has 1 N–H and O–H groups in total. The summed E-state index contributed by atoms with van der Waals surface area (Å²) in [6.07, 6.45) is 3.35. The molecule has 0 bridgehead atoms. The number of carbonyl (C=O) groups excluding carboxylic acids is 2. The summed E-state index contributed by atoms with van der Waals surface area (Å²) in [5.41, 5.74) is 0. The average molecular weight is 256 g/mol. The molecule has 0 spiro atoms. The number of rotatable bonds is 8. The van der Waals surface area contributed by atoms with Crippen molar-refractivity contribution in [3.05, 3.63) is 24.2 Å². The van der Waals surface area contributed by atoms with E-state index in [1.165, 1.54) is 0 Å². The molecule has 0 heterocycles. The smallest absolute Gasteiger partial charge is 0.377 e. The van der Waals surface area contributed by atoms with Crippen molar-refractivity contribution in [2.75, 3.05) is 6.61 Å². The quantitative estimate of drug-likeness (QED) is 0.410. The van der Waals surface area contributed by atoms with E-state index in [1.807, 2.05) is 13.8 Å². The van der Waals surface area contributed by atoms with E-state index in [0.717, 1.165) is 12.5 Å². The van der Waals surface area contributed by atoms with Crippen LogP contribution in [0.15, 0.2) is 24.2 Å². The lowest BCUT2D eigenvalue weighted by Gasteiger charge is -2.09. The fourth-order valence-corrected chi connectivity index (χ4v) is 1.08. The molecule has 0 amide bonds. The van der Waals surface area contributed by atoms with Gasteiger partial charge in [-0.25, -0.2) is 9.59 Å². The Balaban J connectivity index is 4.84. The number of aliphatic hydroxyl groups excluding tert-OH is 1. The minimum atomic E-state index is -0.833. The third kappa shape index (κ3) is 6.08. The second-order valence-electron chi connectivity index (χ2n) is 3.64. The summed E-state index contributed by atoms with van der Waals surface area (Å²) in [5.74, 6) is -2.35. The van der Waals surface area contributed by atoms with Crippen LogP contribution in [-0.4, -0.2) is 23.7 Å². The van der Waals surface area contributed by atoms with Crippen molar-refractivity contribution >= 4 is 11.9 Å². The molecule has 0 rings (SSSR count). The Morgan fingerprint density at radius 1 is 1.28 bits per heavy atom. The molecule has 0 unspecified atom stereocenters. The van der Waals surface area contributed by atoms with Gasteiger partial charge in [0.2, 0.25) is 0 Å². The highest BCUT2D eigenvalue weighted by molar-refractivity contribution is 5.92. The van der Waals surface area contributed by atoms with E-state index in [9.17, 15) is 14.7 Å². The van der Waals surface area contributed by atoms with Crippen LogP contribution in [0.4, 0.5) is 0 Å². The van der Waals surface area contributed by atoms with Gasteiger partial charge in [0.15, 0.2) is 0 Å². The third-order valence-electron chi connectivity index (χ3n) is 2.02. The molecule has 0 aliphatic heterocycles. The fraction of sp³-hybridized carbons (Fsp3) is 0.538. The van der Waals surface area contributed by atoms with Crippen molar-refractivity contribution in [1.82, 2.24) is 0 Å². The van der Waals surface area contributed by atoms with E-state index in [1.54, 1.807) is 0 Å². The van der Waals surface area contributed by atoms with E-state index in [0.29, 0.717) is 12.8 Å². The van der Waals surface area contributed by atoms with Crippen LogP contribution in [-0.2, 0) is 19.1 Å². The summed E-state index contributed by atoms with van der Waals surface area (Å²) in [7, 11) is 0. The Morgan fingerprint density at radius 2 is 1.94 bits per heavy atom. The summed E-state index contributed by atoms with van der Waals surface area (Å²) in [4.78, 5) is 22.7. The van der Waals surface area contributed by atoms with Gasteiger partial charge in [-0.15, -0.1) is 0 Å². The number of carbonyl (C=O) groups is 2. The number of unbranched alkanes of at least 4 members (excludes halogenated alkanes) is 1. The predicted octanol–water partition coefficient (Wildman–Crippen LogP) is 2.63. The Bertz CT molecular complexity index is 330. The van der Waals surface area contributed by atoms with Crippen LogP contribution in [0.1, 0.15) is 39.5 Å². The molecule has 0 aliphatic carbocycles. The normalized spacial score (nSPS) is 11.4. The lowest BCUT2D eigenvalue weighted by atomic mass is 10.2. The molecule has 0 atom stereocenters. The second kappa shape index (κ2) is 9.27. The maximum absolute atomic E-state index is 11.6. The van der Waals surface area contributed by atoms with E-state index < -0.39 is 17.7 Å². The van der Waals surface area contributed by atoms with E-state index >= 15 is 0 Å². The molecule has 0 aromatic carbocycles. The molecular weight excluding hydrogens is 236 g/mol. The van der Waals surface area contributed by atoms with Gasteiger partial charge in [0.05, 0.1) is 6.61 Å². The summed E-state index contributed by atoms with van der Waals surface area (Å²) in [6, 6.07) is 0. The van der Waals surface area contributed by atoms with Gasteiger partial charge in [-0.1, -0.05) is 26.8 Å². The number of esters is 2. The highest BCUT2D eigenvalue weighted by Crippen LogP contribution is 2.13. The van der Waals surface area contributed by atoms with Gasteiger partial charge in [0.1, 0.15) is 5.76 Å². The molecule has 5 nitrogen and oxygen atoms in total. The summed E-state index contributed by atoms with van der Waals surface area (Å²) < 4.78 is 9.55. The van der Waals surface area contributed by atoms with Crippen LogP contribution in [0.5, 0.6) is 0 Å². The minimum Gasteiger partial charge on any atom is -0.508 e. The number of aliphatic hydroxyl groups is 1. The second-order valence-corrected chi connectivity index (χ2v) is 3.64. The van der Waals surface area contributed by atoms with Crippen molar-refractivity contribution in [1.29, 1.82) is 0 Å². The lowest BCUT2D eigenvalue weighted by molar-refractivity contribution is -0.149. The predicted molar refractivity (Wildman–Crippen MR) is 66.7 cm³/mol. The maximum atomic E-state index is 11.6. The number of hydrogen-bond donors (Lipinski definition) is 1. The highest BCUT2D eigenvalue weighted by atomic mass is 16.6. The molecule has 5 heteroatoms. The first-order valence-corrected chi connectivity index (χ1v) is 6.00. The lowest BCUT2D eigenvalue weighted by Crippen LogP contribution is -2.16. The van der Waals surface area contributed by atoms with Crippen molar-refractivity contribution in [2.24, 2.45) is 0 Å². The van der Waals surface area contributed by atoms with E-state index in [-0.39, 0.29) is 18.8 Å². The van der Waals surface area contributed by atoms with Gasteiger partial charge in [0, 0.05) is 12.5 Å². The molecule has 0 fully saturated rings. The van der Waals surface area contributed by atoms with Gasteiger partial charge in [-0.2, -0.15) is 0 Å². The Labute approximate surface area is 107 Å². The molecule has 0 saturated heterocycles. The Morgan fingerprint density at radius 3 is 2.44 bits per heavy atom. The molecular formula is C13H20O5. The Hall–Kier alpha value is -1.78. The fourth-order valence-electron chi connectivity index (χ4n) is 1.08. The molecule has 18 heavy (non-hydrogen) atoms. The number of ether oxygens (including phenoxy) is 2. The van der Waals surface area contributed by atoms with Crippen molar-refractivity contribution < 1.29 is 24.2 Å². The maximum Gasteiger partial charge on any atom is 0.377 e. The molecule has 0 aromatic rings. The Kier molecular flexibility index (Phi) is 8.35. The standard InChI is InChI=1S/C13H20O5/c1-4-7-8-10(14)12(18-11(15)6-3)13(16)17-9-5-2/h6,14H,3-5,7-9H2,1-2H3. The first-order valence-electron chi connectivity index (χ1n) is 6.00. The van der Waals surface area contributed by atoms with Crippen LogP contribution in [0, 0.1) is 0 Å². The zero-order chi connectivity index (χ0) is 14.0. The van der Waals surface area contributed by atoms with E-state index in [4.69, 9.17) is 9.47 Å². The highest BCUT2D eigenvalue weighted by Gasteiger charge is 2.21. The summed E-state index contributed by atoms with van der Waals surface area (Å²) in [6.45, 7) is 7.21. The van der Waals surface area contributed by atoms with Crippen LogP contribution in [0.3, 0.4) is 0 Å². The van der Waals surface area contributed by atoms with Crippen LogP contribution < -0.4 is 0 Å². The first-order chi connectivity index (χ1) is 8.56. The number of hydrogen-bond acceptors (Lipinski definition) is 5. The minimum absolute atomic E-state index is 0.203. The summed E-state index contributed by atoms with van der Waals surface area (Å²) in [5, 5.41) is 9.72. The van der Waals surface area contributed by atoms with Gasteiger partial charge in [-0.05, 0) is 12.8 Å². The van der Waals surface area contributed by atoms with Crippen molar-refractivity contribution in [3.8, 4) is 0 Å². The molecule has 0 aliphatic rings. The summed E-state index contributed by atoms with van der Waals surface area (Å²) >= 11 is 0. The zero-order valence-corrected chi connectivity index (χ0v) is 10.9. The van der Waals surface area contributed by atoms with Gasteiger partial charge >= 0.3 is 11.9 Å². The van der Waals surface area contributed by atoms with Gasteiger partial charge in [0.25, 0.3) is 5.76 Å². The van der Waals surface area contributed by atoms with Crippen LogP contribution in [0.2, 0.25) is 0 Å². The third-order valence-corrected chi connectivity index (χ3v) is 2.02. The zero-order valence-electron chi connectivity index (χ0n) is 10.9. The topological polar surface area (TPSA) is 72.8 Å².